The first kappa shape index (κ1) is 20.8. The van der Waals surface area contributed by atoms with Gasteiger partial charge in [-0.25, -0.2) is 0 Å². The highest BCUT2D eigenvalue weighted by atomic mass is 16.2. The van der Waals surface area contributed by atoms with Gasteiger partial charge in [-0.15, -0.1) is 0 Å². The SMILES string of the molecule is C[C@@H](CN(C)C(=O)c1ccc(=O)n(CC(=O)N2CCCCC2)c1)c1ccccc1. The first-order valence-corrected chi connectivity index (χ1v) is 10.2. The summed E-state index contributed by atoms with van der Waals surface area (Å²) in [4.78, 5) is 41.1. The number of rotatable bonds is 6. The molecular formula is C23H29N3O3. The zero-order valence-electron chi connectivity index (χ0n) is 17.2. The van der Waals surface area contributed by atoms with Gasteiger partial charge in [-0.05, 0) is 36.8 Å². The number of hydrogen-bond donors (Lipinski definition) is 0. The summed E-state index contributed by atoms with van der Waals surface area (Å²) >= 11 is 0. The number of hydrogen-bond acceptors (Lipinski definition) is 3. The van der Waals surface area contributed by atoms with Crippen LogP contribution in [-0.4, -0.2) is 52.9 Å². The number of aromatic nitrogens is 1. The van der Waals surface area contributed by atoms with Gasteiger partial charge in [0.05, 0.1) is 5.56 Å². The summed E-state index contributed by atoms with van der Waals surface area (Å²) in [5.41, 5.74) is 1.32. The Balaban J connectivity index is 1.68. The molecule has 1 aromatic heterocycles. The van der Waals surface area contributed by atoms with E-state index in [0.29, 0.717) is 12.1 Å². The van der Waals surface area contributed by atoms with Crippen molar-refractivity contribution in [2.75, 3.05) is 26.7 Å². The first-order chi connectivity index (χ1) is 14.0. The average molecular weight is 396 g/mol. The summed E-state index contributed by atoms with van der Waals surface area (Å²) < 4.78 is 1.35. The molecule has 1 aliphatic rings. The third kappa shape index (κ3) is 5.34. The zero-order chi connectivity index (χ0) is 20.8. The van der Waals surface area contributed by atoms with Crippen molar-refractivity contribution in [3.63, 3.8) is 0 Å². The maximum Gasteiger partial charge on any atom is 0.255 e. The number of benzene rings is 1. The Bertz CT molecular complexity index is 901. The van der Waals surface area contributed by atoms with Crippen LogP contribution >= 0.6 is 0 Å². The van der Waals surface area contributed by atoms with Crippen molar-refractivity contribution < 1.29 is 9.59 Å². The third-order valence-electron chi connectivity index (χ3n) is 5.51. The lowest BCUT2D eigenvalue weighted by atomic mass is 10.0. The molecule has 29 heavy (non-hydrogen) atoms. The molecule has 6 heteroatoms. The van der Waals surface area contributed by atoms with E-state index in [2.05, 4.69) is 19.1 Å². The van der Waals surface area contributed by atoms with Gasteiger partial charge in [-0.3, -0.25) is 14.4 Å². The van der Waals surface area contributed by atoms with E-state index in [0.717, 1.165) is 32.4 Å². The smallest absolute Gasteiger partial charge is 0.255 e. The van der Waals surface area contributed by atoms with Crippen LogP contribution in [0.5, 0.6) is 0 Å². The highest BCUT2D eigenvalue weighted by Crippen LogP contribution is 2.16. The van der Waals surface area contributed by atoms with E-state index in [4.69, 9.17) is 0 Å². The molecule has 0 radical (unpaired) electrons. The minimum absolute atomic E-state index is 0.0237. The Morgan fingerprint density at radius 2 is 1.72 bits per heavy atom. The number of carbonyl (C=O) groups is 2. The molecule has 2 heterocycles. The van der Waals surface area contributed by atoms with E-state index in [-0.39, 0.29) is 29.8 Å². The van der Waals surface area contributed by atoms with Crippen molar-refractivity contribution in [3.8, 4) is 0 Å². The Morgan fingerprint density at radius 1 is 1.03 bits per heavy atom. The van der Waals surface area contributed by atoms with Crippen LogP contribution in [0, 0.1) is 0 Å². The van der Waals surface area contributed by atoms with E-state index in [9.17, 15) is 14.4 Å². The molecule has 2 aromatic rings. The van der Waals surface area contributed by atoms with Crippen LogP contribution in [0.15, 0.2) is 53.5 Å². The Labute approximate surface area is 171 Å². The number of amides is 2. The number of piperidine rings is 1. The molecule has 154 valence electrons. The fourth-order valence-electron chi connectivity index (χ4n) is 3.77. The van der Waals surface area contributed by atoms with Crippen LogP contribution in [-0.2, 0) is 11.3 Å². The van der Waals surface area contributed by atoms with Crippen molar-refractivity contribution in [3.05, 3.63) is 70.1 Å². The Morgan fingerprint density at radius 3 is 2.41 bits per heavy atom. The standard InChI is InChI=1S/C23H29N3O3/c1-18(19-9-5-3-6-10-19)15-24(2)23(29)20-11-12-21(27)26(16-20)17-22(28)25-13-7-4-8-14-25/h3,5-6,9-12,16,18H,4,7-8,13-15,17H2,1-2H3/t18-/m0/s1. The summed E-state index contributed by atoms with van der Waals surface area (Å²) in [6.45, 7) is 4.11. The van der Waals surface area contributed by atoms with E-state index >= 15 is 0 Å². The predicted molar refractivity (Wildman–Crippen MR) is 113 cm³/mol. The maximum absolute atomic E-state index is 12.9. The summed E-state index contributed by atoms with van der Waals surface area (Å²) in [6.07, 6.45) is 4.66. The number of likely N-dealkylation sites (tertiary alicyclic amines) is 1. The third-order valence-corrected chi connectivity index (χ3v) is 5.51. The number of likely N-dealkylation sites (N-methyl/N-ethyl adjacent to an activating group) is 1. The van der Waals surface area contributed by atoms with Gasteiger partial charge in [0.1, 0.15) is 6.54 Å². The van der Waals surface area contributed by atoms with E-state index in [1.54, 1.807) is 16.8 Å². The van der Waals surface area contributed by atoms with Gasteiger partial charge >= 0.3 is 0 Å². The quantitative estimate of drug-likeness (QED) is 0.756. The van der Waals surface area contributed by atoms with Crippen LogP contribution in [0.2, 0.25) is 0 Å². The van der Waals surface area contributed by atoms with Gasteiger partial charge in [-0.2, -0.15) is 0 Å². The monoisotopic (exact) mass is 395 g/mol. The molecule has 2 amide bonds. The largest absolute Gasteiger partial charge is 0.341 e. The lowest BCUT2D eigenvalue weighted by molar-refractivity contribution is -0.132. The van der Waals surface area contributed by atoms with Crippen LogP contribution in [0.1, 0.15) is 48.0 Å². The van der Waals surface area contributed by atoms with E-state index in [1.807, 2.05) is 18.2 Å². The molecular weight excluding hydrogens is 366 g/mol. The summed E-state index contributed by atoms with van der Waals surface area (Å²) in [5, 5.41) is 0. The van der Waals surface area contributed by atoms with Gasteiger partial charge in [-0.1, -0.05) is 37.3 Å². The summed E-state index contributed by atoms with van der Waals surface area (Å²) in [5.74, 6) is -0.0360. The van der Waals surface area contributed by atoms with Crippen molar-refractivity contribution in [2.45, 2.75) is 38.6 Å². The fourth-order valence-corrected chi connectivity index (χ4v) is 3.77. The molecule has 1 aliphatic heterocycles. The molecule has 1 saturated heterocycles. The predicted octanol–water partition coefficient (Wildman–Crippen LogP) is 2.74. The number of carbonyl (C=O) groups excluding carboxylic acids is 2. The molecule has 0 unspecified atom stereocenters. The second kappa shape index (κ2) is 9.54. The number of pyridine rings is 1. The maximum atomic E-state index is 12.9. The molecule has 0 aliphatic carbocycles. The summed E-state index contributed by atoms with van der Waals surface area (Å²) in [6, 6.07) is 13.0. The van der Waals surface area contributed by atoms with Gasteiger partial charge in [0, 0.05) is 38.9 Å². The highest BCUT2D eigenvalue weighted by Gasteiger charge is 2.19. The zero-order valence-corrected chi connectivity index (χ0v) is 17.2. The van der Waals surface area contributed by atoms with Gasteiger partial charge in [0.25, 0.3) is 11.5 Å². The van der Waals surface area contributed by atoms with Crippen molar-refractivity contribution in [1.82, 2.24) is 14.4 Å². The van der Waals surface area contributed by atoms with E-state index in [1.165, 1.54) is 28.5 Å². The normalized spacial score (nSPS) is 15.0. The molecule has 3 rings (SSSR count). The lowest BCUT2D eigenvalue weighted by Gasteiger charge is -2.27. The van der Waals surface area contributed by atoms with Crippen molar-refractivity contribution in [1.29, 1.82) is 0 Å². The highest BCUT2D eigenvalue weighted by molar-refractivity contribution is 5.93. The lowest BCUT2D eigenvalue weighted by Crippen LogP contribution is -2.39. The van der Waals surface area contributed by atoms with Crippen LogP contribution in [0.3, 0.4) is 0 Å². The molecule has 1 atom stereocenters. The molecule has 6 nitrogen and oxygen atoms in total. The summed E-state index contributed by atoms with van der Waals surface area (Å²) in [7, 11) is 1.76. The average Bonchev–Trinajstić information content (AvgIpc) is 2.75. The van der Waals surface area contributed by atoms with Gasteiger partial charge < -0.3 is 14.4 Å². The molecule has 1 aromatic carbocycles. The minimum atomic E-state index is -0.271. The van der Waals surface area contributed by atoms with Crippen LogP contribution in [0.4, 0.5) is 0 Å². The van der Waals surface area contributed by atoms with Crippen LogP contribution < -0.4 is 5.56 Å². The molecule has 0 saturated carbocycles. The Kier molecular flexibility index (Phi) is 6.86. The second-order valence-electron chi connectivity index (χ2n) is 7.82. The van der Waals surface area contributed by atoms with Crippen LogP contribution in [0.25, 0.3) is 0 Å². The van der Waals surface area contributed by atoms with E-state index < -0.39 is 0 Å². The first-order valence-electron chi connectivity index (χ1n) is 10.2. The minimum Gasteiger partial charge on any atom is -0.341 e. The second-order valence-corrected chi connectivity index (χ2v) is 7.82. The topological polar surface area (TPSA) is 62.6 Å². The number of nitrogens with zero attached hydrogens (tertiary/aromatic N) is 3. The van der Waals surface area contributed by atoms with Crippen molar-refractivity contribution in [2.24, 2.45) is 0 Å². The van der Waals surface area contributed by atoms with Gasteiger partial charge in [0.2, 0.25) is 5.91 Å². The molecule has 0 bridgehead atoms. The molecule has 1 fully saturated rings. The fraction of sp³-hybridized carbons (Fsp3) is 0.435. The molecule has 0 spiro atoms. The molecule has 0 N–H and O–H groups in total. The Hall–Kier alpha value is -2.89. The van der Waals surface area contributed by atoms with Crippen molar-refractivity contribution >= 4 is 11.8 Å². The van der Waals surface area contributed by atoms with Gasteiger partial charge in [0.15, 0.2) is 0 Å².